The fourth-order valence-electron chi connectivity index (χ4n) is 3.43. The zero-order valence-electron chi connectivity index (χ0n) is 17.5. The number of hydrogen-bond donors (Lipinski definition) is 2. The van der Waals surface area contributed by atoms with Gasteiger partial charge in [0.25, 0.3) is 0 Å². The van der Waals surface area contributed by atoms with Gasteiger partial charge in [0.15, 0.2) is 10.6 Å². The molecule has 2 heterocycles. The fourth-order valence-corrected chi connectivity index (χ4v) is 3.65. The van der Waals surface area contributed by atoms with Gasteiger partial charge in [-0.15, -0.1) is 0 Å². The van der Waals surface area contributed by atoms with Crippen molar-refractivity contribution in [3.05, 3.63) is 53.3 Å². The van der Waals surface area contributed by atoms with Gasteiger partial charge in [-0.25, -0.2) is 4.79 Å². The summed E-state index contributed by atoms with van der Waals surface area (Å²) in [5.74, 6) is 1.26. The molecule has 3 aromatic rings. The van der Waals surface area contributed by atoms with Crippen molar-refractivity contribution >= 4 is 35.6 Å². The molecule has 0 aliphatic carbocycles. The monoisotopic (exact) mass is 453 g/mol. The van der Waals surface area contributed by atoms with Crippen LogP contribution in [0.2, 0.25) is 0 Å². The van der Waals surface area contributed by atoms with Crippen LogP contribution in [0.3, 0.4) is 0 Å². The van der Waals surface area contributed by atoms with Crippen LogP contribution in [-0.4, -0.2) is 46.5 Å². The molecule has 1 fully saturated rings. The Balaban J connectivity index is 1.41. The molecule has 1 saturated heterocycles. The molecule has 32 heavy (non-hydrogen) atoms. The molecule has 0 radical (unpaired) electrons. The Labute approximate surface area is 190 Å². The maximum Gasteiger partial charge on any atom is 0.414 e. The number of ether oxygens (including phenoxy) is 2. The van der Waals surface area contributed by atoms with Crippen LogP contribution in [0.25, 0.3) is 11.4 Å². The number of benzene rings is 2. The molecule has 0 unspecified atom stereocenters. The highest BCUT2D eigenvalue weighted by Crippen LogP contribution is 2.23. The van der Waals surface area contributed by atoms with Gasteiger partial charge >= 0.3 is 6.09 Å². The smallest absolute Gasteiger partial charge is 0.414 e. The zero-order valence-corrected chi connectivity index (χ0v) is 18.4. The molecule has 2 aromatic carbocycles. The largest absolute Gasteiger partial charge is 0.494 e. The van der Waals surface area contributed by atoms with E-state index in [1.807, 2.05) is 31.2 Å². The summed E-state index contributed by atoms with van der Waals surface area (Å²) < 4.78 is 12.7. The first-order valence-corrected chi connectivity index (χ1v) is 10.7. The standard InChI is InChI=1S/C22H23N5O4S/c1-2-30-18-8-6-15(7-9-18)20-24-25-21(32)27(20)11-10-19(28)23-16-4-3-5-17(14-16)26-12-13-31-22(26)29/h3-9,14H,2,10-13H2,1H3,(H,23,28)(H,25,32). The van der Waals surface area contributed by atoms with Crippen LogP contribution in [0.5, 0.6) is 5.75 Å². The van der Waals surface area contributed by atoms with E-state index in [0.717, 1.165) is 11.3 Å². The van der Waals surface area contributed by atoms with Crippen molar-refractivity contribution in [3.8, 4) is 17.1 Å². The molecule has 0 bridgehead atoms. The Morgan fingerprint density at radius 1 is 1.28 bits per heavy atom. The lowest BCUT2D eigenvalue weighted by atomic mass is 10.2. The van der Waals surface area contributed by atoms with E-state index in [1.165, 1.54) is 4.90 Å². The predicted molar refractivity (Wildman–Crippen MR) is 122 cm³/mol. The van der Waals surface area contributed by atoms with Crippen molar-refractivity contribution in [3.63, 3.8) is 0 Å². The highest BCUT2D eigenvalue weighted by molar-refractivity contribution is 7.71. The fraction of sp³-hybridized carbons (Fsp3) is 0.273. The Kier molecular flexibility index (Phi) is 6.50. The van der Waals surface area contributed by atoms with Gasteiger partial charge in [-0.1, -0.05) is 6.07 Å². The minimum absolute atomic E-state index is 0.174. The zero-order chi connectivity index (χ0) is 22.5. The summed E-state index contributed by atoms with van der Waals surface area (Å²) in [4.78, 5) is 25.9. The van der Waals surface area contributed by atoms with E-state index in [0.29, 0.717) is 48.3 Å². The van der Waals surface area contributed by atoms with Crippen LogP contribution >= 0.6 is 12.2 Å². The first-order chi connectivity index (χ1) is 15.5. The Hall–Kier alpha value is -3.66. The molecule has 0 saturated carbocycles. The molecule has 1 aliphatic heterocycles. The third-order valence-corrected chi connectivity index (χ3v) is 5.26. The second-order valence-corrected chi connectivity index (χ2v) is 7.46. The van der Waals surface area contributed by atoms with Gasteiger partial charge in [-0.05, 0) is 61.6 Å². The number of nitrogens with one attached hydrogen (secondary N) is 2. The summed E-state index contributed by atoms with van der Waals surface area (Å²) >= 11 is 5.35. The van der Waals surface area contributed by atoms with Gasteiger partial charge in [0.2, 0.25) is 5.91 Å². The normalized spacial score (nSPS) is 13.2. The Morgan fingerprint density at radius 2 is 2.09 bits per heavy atom. The van der Waals surface area contributed by atoms with E-state index < -0.39 is 0 Å². The van der Waals surface area contributed by atoms with Crippen molar-refractivity contribution in [2.24, 2.45) is 0 Å². The molecular formula is C22H23N5O4S. The third kappa shape index (κ3) is 4.80. The molecule has 10 heteroatoms. The van der Waals surface area contributed by atoms with Crippen LogP contribution in [0.15, 0.2) is 48.5 Å². The number of aromatic nitrogens is 3. The van der Waals surface area contributed by atoms with Crippen molar-refractivity contribution in [1.29, 1.82) is 0 Å². The van der Waals surface area contributed by atoms with Crippen LogP contribution < -0.4 is 15.0 Å². The van der Waals surface area contributed by atoms with E-state index >= 15 is 0 Å². The summed E-state index contributed by atoms with van der Waals surface area (Å²) in [6.07, 6.45) is -0.182. The van der Waals surface area contributed by atoms with Gasteiger partial charge in [0.05, 0.1) is 13.2 Å². The number of carbonyl (C=O) groups is 2. The van der Waals surface area contributed by atoms with Gasteiger partial charge in [0.1, 0.15) is 12.4 Å². The molecule has 9 nitrogen and oxygen atoms in total. The van der Waals surface area contributed by atoms with Crippen molar-refractivity contribution in [1.82, 2.24) is 14.8 Å². The van der Waals surface area contributed by atoms with E-state index in [2.05, 4.69) is 15.5 Å². The molecule has 0 spiro atoms. The topological polar surface area (TPSA) is 101 Å². The molecule has 1 aromatic heterocycles. The number of H-pyrrole nitrogens is 1. The first-order valence-electron chi connectivity index (χ1n) is 10.3. The highest BCUT2D eigenvalue weighted by Gasteiger charge is 2.23. The lowest BCUT2D eigenvalue weighted by Gasteiger charge is -2.14. The average molecular weight is 454 g/mol. The molecular weight excluding hydrogens is 430 g/mol. The van der Waals surface area contributed by atoms with Gasteiger partial charge in [-0.2, -0.15) is 5.10 Å². The van der Waals surface area contributed by atoms with E-state index in [9.17, 15) is 9.59 Å². The molecule has 1 aliphatic rings. The van der Waals surface area contributed by atoms with Crippen LogP contribution in [0, 0.1) is 4.77 Å². The van der Waals surface area contributed by atoms with Crippen molar-refractivity contribution in [2.75, 3.05) is 30.0 Å². The first kappa shape index (κ1) is 21.6. The SMILES string of the molecule is CCOc1ccc(-c2n[nH]c(=S)n2CCC(=O)Nc2cccc(N3CCOC3=O)c2)cc1. The maximum atomic E-state index is 12.6. The van der Waals surface area contributed by atoms with Gasteiger partial charge in [0, 0.05) is 29.9 Å². The van der Waals surface area contributed by atoms with Gasteiger partial charge < -0.3 is 14.8 Å². The van der Waals surface area contributed by atoms with Crippen molar-refractivity contribution < 1.29 is 19.1 Å². The van der Waals surface area contributed by atoms with Crippen LogP contribution in [0.4, 0.5) is 16.2 Å². The minimum Gasteiger partial charge on any atom is -0.494 e. The highest BCUT2D eigenvalue weighted by atomic mass is 32.1. The summed E-state index contributed by atoms with van der Waals surface area (Å²) in [6.45, 7) is 3.74. The maximum absolute atomic E-state index is 12.6. The second-order valence-electron chi connectivity index (χ2n) is 7.08. The molecule has 166 valence electrons. The minimum atomic E-state index is -0.385. The molecule has 2 N–H and O–H groups in total. The number of nitrogens with zero attached hydrogens (tertiary/aromatic N) is 3. The molecule has 0 atom stereocenters. The predicted octanol–water partition coefficient (Wildman–Crippen LogP) is 3.99. The van der Waals surface area contributed by atoms with E-state index in [1.54, 1.807) is 28.8 Å². The van der Waals surface area contributed by atoms with Crippen LogP contribution in [0.1, 0.15) is 13.3 Å². The van der Waals surface area contributed by atoms with E-state index in [4.69, 9.17) is 21.7 Å². The lowest BCUT2D eigenvalue weighted by molar-refractivity contribution is -0.116. The summed E-state index contributed by atoms with van der Waals surface area (Å²) in [5.41, 5.74) is 2.15. The summed E-state index contributed by atoms with van der Waals surface area (Å²) in [7, 11) is 0. The number of anilines is 2. The Bertz CT molecular complexity index is 1170. The number of aromatic amines is 1. The lowest BCUT2D eigenvalue weighted by Crippen LogP contribution is -2.23. The summed E-state index contributed by atoms with van der Waals surface area (Å²) in [5, 5.41) is 9.98. The number of rotatable bonds is 8. The summed E-state index contributed by atoms with van der Waals surface area (Å²) in [6, 6.07) is 14.7. The number of carbonyl (C=O) groups excluding carboxylic acids is 2. The Morgan fingerprint density at radius 3 is 2.81 bits per heavy atom. The molecule has 2 amide bonds. The number of cyclic esters (lactones) is 1. The second kappa shape index (κ2) is 9.65. The van der Waals surface area contributed by atoms with Crippen molar-refractivity contribution in [2.45, 2.75) is 19.9 Å². The quantitative estimate of drug-likeness (QED) is 0.500. The van der Waals surface area contributed by atoms with E-state index in [-0.39, 0.29) is 18.4 Å². The molecule has 4 rings (SSSR count). The van der Waals surface area contributed by atoms with Crippen LogP contribution in [-0.2, 0) is 16.1 Å². The number of amides is 2. The van der Waals surface area contributed by atoms with Gasteiger partial charge in [-0.3, -0.25) is 19.4 Å². The average Bonchev–Trinajstić information content (AvgIpc) is 3.38. The number of hydrogen-bond acceptors (Lipinski definition) is 6. The third-order valence-electron chi connectivity index (χ3n) is 4.95.